The van der Waals surface area contributed by atoms with Crippen molar-refractivity contribution in [3.63, 3.8) is 0 Å². The average molecular weight is 340 g/mol. The monoisotopic (exact) mass is 339 g/mol. The molecule has 1 aromatic rings. The maximum Gasteiger partial charge on any atom is 0.317 e. The zero-order chi connectivity index (χ0) is 17.0. The third-order valence-corrected chi connectivity index (χ3v) is 4.62. The molecular formula is C19H30ClNO2. The highest BCUT2D eigenvalue weighted by Crippen LogP contribution is 2.36. The number of carboxylic acid groups (broad SMARTS) is 1. The second-order valence-corrected chi connectivity index (χ2v) is 6.53. The van der Waals surface area contributed by atoms with E-state index in [0.29, 0.717) is 0 Å². The van der Waals surface area contributed by atoms with Gasteiger partial charge in [0.15, 0.2) is 0 Å². The molecule has 0 radical (unpaired) electrons. The molecule has 1 aliphatic rings. The zero-order valence-corrected chi connectivity index (χ0v) is 14.9. The molecule has 0 bridgehead atoms. The highest BCUT2D eigenvalue weighted by Gasteiger charge is 2.33. The maximum atomic E-state index is 10.8. The van der Waals surface area contributed by atoms with Crippen molar-refractivity contribution in [2.45, 2.75) is 63.8 Å². The Bertz CT molecular complexity index is 426. The van der Waals surface area contributed by atoms with Crippen LogP contribution in [0.15, 0.2) is 30.3 Å². The fourth-order valence-corrected chi connectivity index (χ4v) is 3.26. The molecule has 0 atom stereocenters. The SMILES string of the molecule is CCCCCCl.O=C(O)CNC1(c2ccccc2)CCCCC1. The van der Waals surface area contributed by atoms with Crippen molar-refractivity contribution in [3.05, 3.63) is 35.9 Å². The van der Waals surface area contributed by atoms with Crippen LogP contribution in [0.3, 0.4) is 0 Å². The van der Waals surface area contributed by atoms with Crippen molar-refractivity contribution in [1.29, 1.82) is 0 Å². The second-order valence-electron chi connectivity index (χ2n) is 6.15. The van der Waals surface area contributed by atoms with E-state index in [1.807, 2.05) is 18.2 Å². The lowest BCUT2D eigenvalue weighted by atomic mass is 9.76. The predicted octanol–water partition coefficient (Wildman–Crippen LogP) is 4.94. The summed E-state index contributed by atoms with van der Waals surface area (Å²) in [6, 6.07) is 10.2. The summed E-state index contributed by atoms with van der Waals surface area (Å²) < 4.78 is 0. The number of rotatable bonds is 7. The molecule has 0 unspecified atom stereocenters. The number of aliphatic carboxylic acids is 1. The maximum absolute atomic E-state index is 10.8. The van der Waals surface area contributed by atoms with Gasteiger partial charge in [-0.15, -0.1) is 11.6 Å². The van der Waals surface area contributed by atoms with Crippen LogP contribution in [0.25, 0.3) is 0 Å². The van der Waals surface area contributed by atoms with Crippen molar-refractivity contribution in [2.24, 2.45) is 0 Å². The minimum absolute atomic E-state index is 0.0366. The number of nitrogens with one attached hydrogen (secondary N) is 1. The number of carbonyl (C=O) groups is 1. The molecule has 0 heterocycles. The van der Waals surface area contributed by atoms with Gasteiger partial charge < -0.3 is 5.11 Å². The number of carboxylic acids is 1. The number of unbranched alkanes of at least 4 members (excludes halogenated alkanes) is 2. The molecule has 1 aromatic carbocycles. The molecule has 0 spiro atoms. The molecule has 1 fully saturated rings. The predicted molar refractivity (Wildman–Crippen MR) is 97.1 cm³/mol. The fourth-order valence-electron chi connectivity index (χ4n) is 3.07. The second kappa shape index (κ2) is 11.5. The summed E-state index contributed by atoms with van der Waals surface area (Å²) in [5.74, 6) is 0.0410. The third-order valence-electron chi connectivity index (χ3n) is 4.35. The molecule has 2 rings (SSSR count). The normalized spacial score (nSPS) is 16.3. The summed E-state index contributed by atoms with van der Waals surface area (Å²) in [5, 5.41) is 12.1. The van der Waals surface area contributed by atoms with E-state index in [9.17, 15) is 4.79 Å². The molecule has 0 aromatic heterocycles. The van der Waals surface area contributed by atoms with Crippen LogP contribution < -0.4 is 5.32 Å². The largest absolute Gasteiger partial charge is 0.480 e. The summed E-state index contributed by atoms with van der Waals surface area (Å²) in [6.45, 7) is 2.21. The number of alkyl halides is 1. The Hall–Kier alpha value is -1.06. The molecule has 0 saturated heterocycles. The molecule has 3 nitrogen and oxygen atoms in total. The lowest BCUT2D eigenvalue weighted by molar-refractivity contribution is -0.136. The van der Waals surface area contributed by atoms with E-state index in [4.69, 9.17) is 16.7 Å². The van der Waals surface area contributed by atoms with Gasteiger partial charge in [-0.3, -0.25) is 10.1 Å². The van der Waals surface area contributed by atoms with Crippen LogP contribution in [0.5, 0.6) is 0 Å². The van der Waals surface area contributed by atoms with Gasteiger partial charge in [0.2, 0.25) is 0 Å². The summed E-state index contributed by atoms with van der Waals surface area (Å²) in [5.41, 5.74) is 1.10. The van der Waals surface area contributed by atoms with E-state index in [1.165, 1.54) is 44.1 Å². The Kier molecular flexibility index (Phi) is 9.97. The third kappa shape index (κ3) is 7.36. The Morgan fingerprint density at radius 3 is 2.30 bits per heavy atom. The van der Waals surface area contributed by atoms with Gasteiger partial charge in [0, 0.05) is 11.4 Å². The van der Waals surface area contributed by atoms with E-state index in [2.05, 4.69) is 24.4 Å². The first-order valence-electron chi connectivity index (χ1n) is 8.73. The van der Waals surface area contributed by atoms with Crippen LogP contribution in [-0.4, -0.2) is 23.5 Å². The standard InChI is InChI=1S/C14H19NO2.C5H11Cl/c16-13(17)11-15-14(9-5-2-6-10-14)12-7-3-1-4-8-12;1-2-3-4-5-6/h1,3-4,7-8,15H,2,5-6,9-11H2,(H,16,17);2-5H2,1H3. The first-order valence-corrected chi connectivity index (χ1v) is 9.26. The average Bonchev–Trinajstić information content (AvgIpc) is 2.60. The van der Waals surface area contributed by atoms with Gasteiger partial charge in [-0.05, 0) is 24.8 Å². The summed E-state index contributed by atoms with van der Waals surface area (Å²) >= 11 is 5.38. The molecule has 0 amide bonds. The molecule has 23 heavy (non-hydrogen) atoms. The highest BCUT2D eigenvalue weighted by atomic mass is 35.5. The lowest BCUT2D eigenvalue weighted by Crippen LogP contribution is -2.46. The minimum atomic E-state index is -0.786. The summed E-state index contributed by atoms with van der Waals surface area (Å²) in [4.78, 5) is 10.8. The van der Waals surface area contributed by atoms with Crippen molar-refractivity contribution in [3.8, 4) is 0 Å². The van der Waals surface area contributed by atoms with Crippen molar-refractivity contribution in [2.75, 3.05) is 12.4 Å². The highest BCUT2D eigenvalue weighted by molar-refractivity contribution is 6.17. The summed E-state index contributed by atoms with van der Waals surface area (Å²) in [7, 11) is 0. The Labute approximate surface area is 145 Å². The lowest BCUT2D eigenvalue weighted by Gasteiger charge is -2.38. The number of halogens is 1. The van der Waals surface area contributed by atoms with Crippen LogP contribution in [0, 0.1) is 0 Å². The molecule has 1 aliphatic carbocycles. The zero-order valence-electron chi connectivity index (χ0n) is 14.2. The fraction of sp³-hybridized carbons (Fsp3) is 0.632. The van der Waals surface area contributed by atoms with Gasteiger partial charge in [-0.1, -0.05) is 69.4 Å². The first kappa shape index (κ1) is 20.0. The smallest absolute Gasteiger partial charge is 0.317 e. The van der Waals surface area contributed by atoms with Gasteiger partial charge in [0.25, 0.3) is 0 Å². The molecule has 1 saturated carbocycles. The molecule has 2 N–H and O–H groups in total. The molecular weight excluding hydrogens is 310 g/mol. The number of hydrogen-bond donors (Lipinski definition) is 2. The van der Waals surface area contributed by atoms with Gasteiger partial charge in [0.05, 0.1) is 6.54 Å². The van der Waals surface area contributed by atoms with Crippen LogP contribution in [0.4, 0.5) is 0 Å². The van der Waals surface area contributed by atoms with Crippen LogP contribution >= 0.6 is 11.6 Å². The van der Waals surface area contributed by atoms with Crippen molar-refractivity contribution >= 4 is 17.6 Å². The molecule has 4 heteroatoms. The van der Waals surface area contributed by atoms with Crippen LogP contribution in [-0.2, 0) is 10.3 Å². The van der Waals surface area contributed by atoms with Crippen LogP contribution in [0.1, 0.15) is 63.9 Å². The topological polar surface area (TPSA) is 49.3 Å². The van der Waals surface area contributed by atoms with E-state index < -0.39 is 5.97 Å². The van der Waals surface area contributed by atoms with Crippen molar-refractivity contribution in [1.82, 2.24) is 5.32 Å². The van der Waals surface area contributed by atoms with Crippen LogP contribution in [0.2, 0.25) is 0 Å². The van der Waals surface area contributed by atoms with E-state index >= 15 is 0 Å². The number of hydrogen-bond acceptors (Lipinski definition) is 2. The summed E-state index contributed by atoms with van der Waals surface area (Å²) in [6.07, 6.45) is 9.38. The molecule has 0 aliphatic heterocycles. The van der Waals surface area contributed by atoms with E-state index in [0.717, 1.165) is 18.7 Å². The van der Waals surface area contributed by atoms with E-state index in [-0.39, 0.29) is 12.1 Å². The van der Waals surface area contributed by atoms with E-state index in [1.54, 1.807) is 0 Å². The quantitative estimate of drug-likeness (QED) is 0.546. The minimum Gasteiger partial charge on any atom is -0.480 e. The van der Waals surface area contributed by atoms with Gasteiger partial charge in [-0.2, -0.15) is 0 Å². The molecule has 130 valence electrons. The Balaban J connectivity index is 0.000000379. The van der Waals surface area contributed by atoms with Gasteiger partial charge >= 0.3 is 5.97 Å². The van der Waals surface area contributed by atoms with Crippen molar-refractivity contribution < 1.29 is 9.90 Å². The van der Waals surface area contributed by atoms with Gasteiger partial charge in [-0.25, -0.2) is 0 Å². The Morgan fingerprint density at radius 2 is 1.83 bits per heavy atom. The number of benzene rings is 1. The first-order chi connectivity index (χ1) is 11.1. The van der Waals surface area contributed by atoms with Gasteiger partial charge in [0.1, 0.15) is 0 Å². The Morgan fingerprint density at radius 1 is 1.17 bits per heavy atom.